The monoisotopic (exact) mass is 298 g/mol. The summed E-state index contributed by atoms with van der Waals surface area (Å²) in [5, 5.41) is 8.87. The molecular formula is C14H22N2O5. The van der Waals surface area contributed by atoms with Gasteiger partial charge in [-0.3, -0.25) is 4.79 Å². The van der Waals surface area contributed by atoms with Gasteiger partial charge in [-0.2, -0.15) is 0 Å². The molecule has 2 fully saturated rings. The average molecular weight is 298 g/mol. The lowest BCUT2D eigenvalue weighted by Gasteiger charge is -2.36. The molecule has 0 aromatic carbocycles. The Morgan fingerprint density at radius 1 is 1.19 bits per heavy atom. The summed E-state index contributed by atoms with van der Waals surface area (Å²) in [6, 6.07) is -0.666. The highest BCUT2D eigenvalue weighted by atomic mass is 16.5. The van der Waals surface area contributed by atoms with E-state index in [0.29, 0.717) is 26.1 Å². The topological polar surface area (TPSA) is 87.2 Å². The van der Waals surface area contributed by atoms with Crippen LogP contribution >= 0.6 is 0 Å². The van der Waals surface area contributed by atoms with E-state index in [2.05, 4.69) is 0 Å². The van der Waals surface area contributed by atoms with E-state index in [9.17, 15) is 14.4 Å². The molecule has 1 N–H and O–H groups in total. The molecule has 2 aliphatic rings. The Hall–Kier alpha value is -1.79. The molecule has 2 unspecified atom stereocenters. The van der Waals surface area contributed by atoms with Crippen LogP contribution in [0.3, 0.4) is 0 Å². The van der Waals surface area contributed by atoms with E-state index in [1.807, 2.05) is 0 Å². The Morgan fingerprint density at radius 2 is 1.90 bits per heavy atom. The third kappa shape index (κ3) is 3.65. The summed E-state index contributed by atoms with van der Waals surface area (Å²) < 4.78 is 4.75. The van der Waals surface area contributed by atoms with Gasteiger partial charge in [-0.1, -0.05) is 0 Å². The number of rotatable bonds is 3. The summed E-state index contributed by atoms with van der Waals surface area (Å²) in [5.41, 5.74) is 0. The number of hydrogen-bond acceptors (Lipinski definition) is 4. The van der Waals surface area contributed by atoms with Crippen LogP contribution in [0.1, 0.15) is 32.1 Å². The third-order valence-corrected chi connectivity index (χ3v) is 4.22. The van der Waals surface area contributed by atoms with Crippen LogP contribution in [-0.4, -0.2) is 65.7 Å². The zero-order chi connectivity index (χ0) is 15.4. The Balaban J connectivity index is 1.98. The standard InChI is InChI=1S/C14H22N2O5/c1-21-13(19)11-5-3-7-16(11)14(20)15-6-2-4-10(9-15)8-12(17)18/h10-11H,2-9H2,1H3,(H,17,18). The zero-order valence-electron chi connectivity index (χ0n) is 12.3. The number of likely N-dealkylation sites (tertiary alicyclic amines) is 2. The summed E-state index contributed by atoms with van der Waals surface area (Å²) in [6.45, 7) is 1.63. The lowest BCUT2D eigenvalue weighted by molar-refractivity contribution is -0.145. The fraction of sp³-hybridized carbons (Fsp3) is 0.786. The molecule has 118 valence electrons. The highest BCUT2D eigenvalue weighted by Crippen LogP contribution is 2.24. The first-order valence-corrected chi connectivity index (χ1v) is 7.38. The summed E-state index contributed by atoms with van der Waals surface area (Å²) in [5.74, 6) is -1.21. The molecule has 2 aliphatic heterocycles. The molecule has 2 heterocycles. The minimum absolute atomic E-state index is 0.000574. The number of esters is 1. The molecule has 0 saturated carbocycles. The van der Waals surface area contributed by atoms with Gasteiger partial charge in [-0.15, -0.1) is 0 Å². The smallest absolute Gasteiger partial charge is 0.328 e. The molecule has 0 aliphatic carbocycles. The Kier molecular flexibility index (Phi) is 5.03. The van der Waals surface area contributed by atoms with Crippen molar-refractivity contribution in [1.82, 2.24) is 9.80 Å². The maximum Gasteiger partial charge on any atom is 0.328 e. The van der Waals surface area contributed by atoms with Crippen LogP contribution in [0.4, 0.5) is 4.79 Å². The molecule has 0 bridgehead atoms. The van der Waals surface area contributed by atoms with Crippen LogP contribution in [0.5, 0.6) is 0 Å². The first-order valence-electron chi connectivity index (χ1n) is 7.38. The van der Waals surface area contributed by atoms with Crippen LogP contribution in [0, 0.1) is 5.92 Å². The first kappa shape index (κ1) is 15.6. The van der Waals surface area contributed by atoms with Gasteiger partial charge < -0.3 is 19.6 Å². The summed E-state index contributed by atoms with van der Waals surface area (Å²) in [7, 11) is 1.33. The molecular weight excluding hydrogens is 276 g/mol. The molecule has 0 radical (unpaired) electrons. The van der Waals surface area contributed by atoms with Crippen molar-refractivity contribution in [2.45, 2.75) is 38.1 Å². The van der Waals surface area contributed by atoms with E-state index >= 15 is 0 Å². The van der Waals surface area contributed by atoms with Gasteiger partial charge in [0.25, 0.3) is 0 Å². The van der Waals surface area contributed by atoms with Crippen molar-refractivity contribution in [2.75, 3.05) is 26.7 Å². The van der Waals surface area contributed by atoms with Crippen molar-refractivity contribution in [3.63, 3.8) is 0 Å². The fourth-order valence-electron chi connectivity index (χ4n) is 3.21. The van der Waals surface area contributed by atoms with Crippen molar-refractivity contribution >= 4 is 18.0 Å². The SMILES string of the molecule is COC(=O)C1CCCN1C(=O)N1CCCC(CC(=O)O)C1. The van der Waals surface area contributed by atoms with Crippen LogP contribution in [0.15, 0.2) is 0 Å². The van der Waals surface area contributed by atoms with Gasteiger partial charge in [0, 0.05) is 26.1 Å². The number of carbonyl (C=O) groups excluding carboxylic acids is 2. The maximum absolute atomic E-state index is 12.6. The summed E-state index contributed by atoms with van der Waals surface area (Å²) in [6.07, 6.45) is 3.14. The Morgan fingerprint density at radius 3 is 2.57 bits per heavy atom. The van der Waals surface area contributed by atoms with Gasteiger partial charge in [0.05, 0.1) is 7.11 Å². The number of aliphatic carboxylic acids is 1. The van der Waals surface area contributed by atoms with Gasteiger partial charge in [0.15, 0.2) is 0 Å². The fourth-order valence-corrected chi connectivity index (χ4v) is 3.21. The maximum atomic E-state index is 12.6. The zero-order valence-corrected chi connectivity index (χ0v) is 12.3. The molecule has 2 amide bonds. The highest BCUT2D eigenvalue weighted by Gasteiger charge is 2.38. The quantitative estimate of drug-likeness (QED) is 0.783. The van der Waals surface area contributed by atoms with Gasteiger partial charge in [-0.05, 0) is 31.6 Å². The van der Waals surface area contributed by atoms with Gasteiger partial charge in [0.2, 0.25) is 0 Å². The lowest BCUT2D eigenvalue weighted by Crippen LogP contribution is -2.51. The van der Waals surface area contributed by atoms with E-state index in [0.717, 1.165) is 19.3 Å². The number of carboxylic acids is 1. The predicted molar refractivity (Wildman–Crippen MR) is 73.7 cm³/mol. The molecule has 0 aromatic rings. The van der Waals surface area contributed by atoms with Gasteiger partial charge >= 0.3 is 18.0 Å². The van der Waals surface area contributed by atoms with Crippen molar-refractivity contribution < 1.29 is 24.2 Å². The number of carbonyl (C=O) groups is 3. The predicted octanol–water partition coefficient (Wildman–Crippen LogP) is 0.930. The molecule has 2 saturated heterocycles. The van der Waals surface area contributed by atoms with Crippen LogP contribution < -0.4 is 0 Å². The normalized spacial score (nSPS) is 25.8. The number of methoxy groups -OCH3 is 1. The largest absolute Gasteiger partial charge is 0.481 e. The average Bonchev–Trinajstić information content (AvgIpc) is 2.94. The molecule has 7 nitrogen and oxygen atoms in total. The number of amides is 2. The van der Waals surface area contributed by atoms with Crippen LogP contribution in [-0.2, 0) is 14.3 Å². The highest BCUT2D eigenvalue weighted by molar-refractivity contribution is 5.84. The van der Waals surface area contributed by atoms with E-state index in [4.69, 9.17) is 9.84 Å². The minimum Gasteiger partial charge on any atom is -0.481 e. The molecule has 7 heteroatoms. The number of ether oxygens (including phenoxy) is 1. The number of carboxylic acid groups (broad SMARTS) is 1. The number of hydrogen-bond donors (Lipinski definition) is 1. The second kappa shape index (κ2) is 6.78. The first-order chi connectivity index (χ1) is 10.0. The number of nitrogens with zero attached hydrogens (tertiary/aromatic N) is 2. The van der Waals surface area contributed by atoms with Crippen molar-refractivity contribution in [1.29, 1.82) is 0 Å². The van der Waals surface area contributed by atoms with Crippen molar-refractivity contribution in [3.05, 3.63) is 0 Å². The molecule has 2 atom stereocenters. The van der Waals surface area contributed by atoms with Crippen LogP contribution in [0.2, 0.25) is 0 Å². The Labute approximate surface area is 123 Å². The van der Waals surface area contributed by atoms with Crippen LogP contribution in [0.25, 0.3) is 0 Å². The third-order valence-electron chi connectivity index (χ3n) is 4.22. The van der Waals surface area contributed by atoms with E-state index < -0.39 is 12.0 Å². The second-order valence-electron chi connectivity index (χ2n) is 5.71. The van der Waals surface area contributed by atoms with Crippen molar-refractivity contribution in [2.24, 2.45) is 5.92 Å². The van der Waals surface area contributed by atoms with E-state index in [1.54, 1.807) is 9.80 Å². The minimum atomic E-state index is -0.831. The number of piperidine rings is 1. The van der Waals surface area contributed by atoms with E-state index in [1.165, 1.54) is 7.11 Å². The van der Waals surface area contributed by atoms with E-state index in [-0.39, 0.29) is 24.3 Å². The molecule has 0 spiro atoms. The number of urea groups is 1. The van der Waals surface area contributed by atoms with Gasteiger partial charge in [-0.25, -0.2) is 9.59 Å². The molecule has 21 heavy (non-hydrogen) atoms. The molecule has 2 rings (SSSR count). The summed E-state index contributed by atoms with van der Waals surface area (Å²) in [4.78, 5) is 38.3. The Bertz CT molecular complexity index is 426. The van der Waals surface area contributed by atoms with Crippen molar-refractivity contribution in [3.8, 4) is 0 Å². The summed E-state index contributed by atoms with van der Waals surface area (Å²) >= 11 is 0. The molecule has 0 aromatic heterocycles. The van der Waals surface area contributed by atoms with Gasteiger partial charge in [0.1, 0.15) is 6.04 Å². The second-order valence-corrected chi connectivity index (χ2v) is 5.71. The lowest BCUT2D eigenvalue weighted by atomic mass is 9.95.